The molecule has 1 unspecified atom stereocenters. The molecule has 1 nitrogen and oxygen atoms in total. The Morgan fingerprint density at radius 2 is 1.28 bits per heavy atom. The molecule has 0 amide bonds. The van der Waals surface area contributed by atoms with Gasteiger partial charge in [0, 0.05) is 0 Å². The summed E-state index contributed by atoms with van der Waals surface area (Å²) in [6, 6.07) is 0. The molecule has 0 aromatic carbocycles. The molecule has 0 radical (unpaired) electrons. The average Bonchev–Trinajstić information content (AvgIpc) is 2.38. The van der Waals surface area contributed by atoms with Gasteiger partial charge in [-0.1, -0.05) is 0 Å². The third-order valence-electron chi connectivity index (χ3n) is 4.09. The van der Waals surface area contributed by atoms with Crippen LogP contribution in [0.1, 0.15) is 66.2 Å². The van der Waals surface area contributed by atoms with E-state index < -0.39 is 18.4 Å². The molecule has 0 fully saturated rings. The Morgan fingerprint density at radius 3 is 1.56 bits per heavy atom. The molecule has 108 valence electrons. The first-order chi connectivity index (χ1) is 8.66. The van der Waals surface area contributed by atoms with Crippen LogP contribution in [0.3, 0.4) is 0 Å². The fraction of sp³-hybridized carbons (Fsp3) is 0.875. The third-order valence-corrected chi connectivity index (χ3v) is 19.8. The van der Waals surface area contributed by atoms with Gasteiger partial charge in [-0.15, -0.1) is 0 Å². The molecule has 0 aromatic heterocycles. The van der Waals surface area contributed by atoms with E-state index in [-0.39, 0.29) is 4.12 Å². The maximum absolute atomic E-state index is 10.6. The van der Waals surface area contributed by atoms with Gasteiger partial charge in [-0.2, -0.15) is 0 Å². The normalized spacial score (nSPS) is 14.3. The predicted molar refractivity (Wildman–Crippen MR) is 85.7 cm³/mol. The molecule has 0 saturated heterocycles. The van der Waals surface area contributed by atoms with Crippen LogP contribution in [0, 0.1) is 0 Å². The van der Waals surface area contributed by atoms with Crippen molar-refractivity contribution in [2.75, 3.05) is 0 Å². The van der Waals surface area contributed by atoms with Crippen LogP contribution >= 0.6 is 0 Å². The van der Waals surface area contributed by atoms with Crippen molar-refractivity contribution < 1.29 is 5.11 Å². The third kappa shape index (κ3) is 6.60. The topological polar surface area (TPSA) is 20.2 Å². The van der Waals surface area contributed by atoms with Gasteiger partial charge in [0.25, 0.3) is 0 Å². The Bertz CT molecular complexity index is 191. The van der Waals surface area contributed by atoms with Crippen molar-refractivity contribution in [2.24, 2.45) is 0 Å². The van der Waals surface area contributed by atoms with Gasteiger partial charge < -0.3 is 0 Å². The van der Waals surface area contributed by atoms with Gasteiger partial charge in [-0.25, -0.2) is 0 Å². The van der Waals surface area contributed by atoms with Crippen LogP contribution in [0.2, 0.25) is 13.3 Å². The van der Waals surface area contributed by atoms with Gasteiger partial charge in [0.2, 0.25) is 0 Å². The van der Waals surface area contributed by atoms with Crippen LogP contribution < -0.4 is 0 Å². The van der Waals surface area contributed by atoms with Crippen LogP contribution in [0.15, 0.2) is 12.2 Å². The second-order valence-electron chi connectivity index (χ2n) is 5.64. The number of rotatable bonds is 11. The SMILES string of the molecule is C/C=C\[CH](O)[Sn]([CH2]CCC)([CH2]CCC)[CH2]CCC. The van der Waals surface area contributed by atoms with Crippen LogP contribution in [0.5, 0.6) is 0 Å². The van der Waals surface area contributed by atoms with Crippen molar-refractivity contribution in [3.05, 3.63) is 12.2 Å². The summed E-state index contributed by atoms with van der Waals surface area (Å²) in [5.74, 6) is 0. The number of unbranched alkanes of at least 4 members (excludes halogenated alkanes) is 3. The number of aliphatic hydroxyl groups is 1. The van der Waals surface area contributed by atoms with Crippen molar-refractivity contribution >= 4 is 18.4 Å². The summed E-state index contributed by atoms with van der Waals surface area (Å²) in [7, 11) is 0. The number of hydrogen-bond donors (Lipinski definition) is 1. The first-order valence-corrected chi connectivity index (χ1v) is 15.7. The second kappa shape index (κ2) is 11.3. The molecule has 0 rings (SSSR count). The average molecular weight is 361 g/mol. The molecule has 0 heterocycles. The summed E-state index contributed by atoms with van der Waals surface area (Å²) >= 11 is -2.36. The Balaban J connectivity index is 4.83. The fourth-order valence-electron chi connectivity index (χ4n) is 2.79. The summed E-state index contributed by atoms with van der Waals surface area (Å²) in [5, 5.41) is 10.6. The number of allylic oxidation sites excluding steroid dienone is 1. The van der Waals surface area contributed by atoms with Crippen molar-refractivity contribution in [1.29, 1.82) is 0 Å². The van der Waals surface area contributed by atoms with E-state index in [2.05, 4.69) is 32.9 Å². The van der Waals surface area contributed by atoms with Gasteiger partial charge in [0.15, 0.2) is 0 Å². The fourth-order valence-corrected chi connectivity index (χ4v) is 18.2. The van der Waals surface area contributed by atoms with E-state index in [1.807, 2.05) is 6.92 Å². The zero-order valence-electron chi connectivity index (χ0n) is 13.0. The molecule has 1 N–H and O–H groups in total. The predicted octanol–water partition coefficient (Wildman–Crippen LogP) is 5.31. The van der Waals surface area contributed by atoms with E-state index in [0.29, 0.717) is 0 Å². The second-order valence-corrected chi connectivity index (χ2v) is 19.4. The van der Waals surface area contributed by atoms with Crippen molar-refractivity contribution in [3.63, 3.8) is 0 Å². The van der Waals surface area contributed by atoms with E-state index in [1.165, 1.54) is 51.8 Å². The van der Waals surface area contributed by atoms with E-state index in [0.717, 1.165) is 0 Å². The molecule has 0 bridgehead atoms. The van der Waals surface area contributed by atoms with E-state index in [9.17, 15) is 5.11 Å². The minimum absolute atomic E-state index is 0.0473. The molecule has 2 heteroatoms. The minimum atomic E-state index is -2.36. The van der Waals surface area contributed by atoms with Gasteiger partial charge in [0.05, 0.1) is 0 Å². The Morgan fingerprint density at radius 1 is 0.889 bits per heavy atom. The quantitative estimate of drug-likeness (QED) is 0.391. The summed E-state index contributed by atoms with van der Waals surface area (Å²) in [6.07, 6.45) is 12.0. The molecule has 0 aromatic rings. The van der Waals surface area contributed by atoms with E-state index in [4.69, 9.17) is 0 Å². The first-order valence-electron chi connectivity index (χ1n) is 7.97. The standard InChI is InChI=1S/C4H7O.3C4H9.Sn/c1-2-3-4-5;3*1-3-4-2;/h2-5H,1H3;3*1,3-4H2,2H3;/b3-2-;;;;. The Hall–Kier alpha value is 0.499. The van der Waals surface area contributed by atoms with E-state index in [1.54, 1.807) is 0 Å². The zero-order valence-corrected chi connectivity index (χ0v) is 15.9. The van der Waals surface area contributed by atoms with Crippen LogP contribution in [-0.2, 0) is 0 Å². The van der Waals surface area contributed by atoms with Gasteiger partial charge in [0.1, 0.15) is 0 Å². The van der Waals surface area contributed by atoms with Crippen LogP contribution in [0.25, 0.3) is 0 Å². The maximum atomic E-state index is 10.6. The summed E-state index contributed by atoms with van der Waals surface area (Å²) in [4.78, 5) is 0. The molecule has 0 saturated carbocycles. The monoisotopic (exact) mass is 362 g/mol. The van der Waals surface area contributed by atoms with Gasteiger partial charge in [-0.05, 0) is 0 Å². The van der Waals surface area contributed by atoms with Crippen molar-refractivity contribution in [3.8, 4) is 0 Å². The molecular formula is C16H34OSn. The summed E-state index contributed by atoms with van der Waals surface area (Å²) < 4.78 is 4.11. The van der Waals surface area contributed by atoms with Crippen LogP contribution in [-0.4, -0.2) is 27.6 Å². The van der Waals surface area contributed by atoms with Gasteiger partial charge >= 0.3 is 119 Å². The summed E-state index contributed by atoms with van der Waals surface area (Å²) in [6.45, 7) is 8.87. The molecule has 0 aliphatic rings. The Labute approximate surface area is 119 Å². The Kier molecular flexibility index (Phi) is 11.6. The molecule has 0 aliphatic heterocycles. The first kappa shape index (κ1) is 18.5. The van der Waals surface area contributed by atoms with E-state index >= 15 is 0 Å². The van der Waals surface area contributed by atoms with Crippen molar-refractivity contribution in [1.82, 2.24) is 0 Å². The van der Waals surface area contributed by atoms with Crippen molar-refractivity contribution in [2.45, 2.75) is 83.6 Å². The molecule has 0 aliphatic carbocycles. The molecular weight excluding hydrogens is 327 g/mol. The zero-order chi connectivity index (χ0) is 13.9. The van der Waals surface area contributed by atoms with Gasteiger partial charge in [-0.3, -0.25) is 0 Å². The molecule has 1 atom stereocenters. The molecule has 18 heavy (non-hydrogen) atoms. The molecule has 0 spiro atoms. The van der Waals surface area contributed by atoms with Crippen LogP contribution in [0.4, 0.5) is 0 Å². The number of hydrogen-bond acceptors (Lipinski definition) is 1. The number of aliphatic hydroxyl groups excluding tert-OH is 1. The summed E-state index contributed by atoms with van der Waals surface area (Å²) in [5.41, 5.74) is 0.